The minimum atomic E-state index is 0.139. The maximum atomic E-state index is 6.34. The molecule has 0 radical (unpaired) electrons. The smallest absolute Gasteiger partial charge is 0.0596 e. The van der Waals surface area contributed by atoms with Gasteiger partial charge in [-0.3, -0.25) is 0 Å². The van der Waals surface area contributed by atoms with Crippen LogP contribution < -0.4 is 5.32 Å². The fraction of sp³-hybridized carbons (Fsp3) is 0.538. The number of nitrogens with one attached hydrogen (secondary N) is 1. The van der Waals surface area contributed by atoms with E-state index in [4.69, 9.17) is 11.6 Å². The van der Waals surface area contributed by atoms with Gasteiger partial charge in [0.1, 0.15) is 0 Å². The predicted molar refractivity (Wildman–Crippen MR) is 75.0 cm³/mol. The predicted octanol–water partition coefficient (Wildman–Crippen LogP) is 4.80. The highest BCUT2D eigenvalue weighted by atomic mass is 79.9. The van der Waals surface area contributed by atoms with E-state index in [2.05, 4.69) is 55.0 Å². The number of rotatable bonds is 3. The van der Waals surface area contributed by atoms with Crippen LogP contribution >= 0.6 is 27.5 Å². The third-order valence-corrected chi connectivity index (χ3v) is 3.88. The standard InChI is InChI=1S/C13H19BrClN/c1-5-16-12(13(2,3)4)9-7-6-8-10(14)11(9)15/h6-8,12,16H,5H2,1-4H3. The second kappa shape index (κ2) is 5.52. The fourth-order valence-corrected chi connectivity index (χ4v) is 2.45. The monoisotopic (exact) mass is 303 g/mol. The molecule has 0 saturated carbocycles. The first-order valence-electron chi connectivity index (χ1n) is 5.55. The Morgan fingerprint density at radius 2 is 2.00 bits per heavy atom. The highest BCUT2D eigenvalue weighted by Crippen LogP contribution is 2.38. The normalized spacial score (nSPS) is 13.9. The molecule has 0 saturated heterocycles. The zero-order valence-corrected chi connectivity index (χ0v) is 12.6. The molecule has 1 atom stereocenters. The van der Waals surface area contributed by atoms with Crippen LogP contribution in [0, 0.1) is 5.41 Å². The van der Waals surface area contributed by atoms with Crippen LogP contribution in [0.5, 0.6) is 0 Å². The molecule has 1 aromatic carbocycles. The van der Waals surface area contributed by atoms with Gasteiger partial charge in [0, 0.05) is 10.5 Å². The van der Waals surface area contributed by atoms with Gasteiger partial charge in [0.05, 0.1) is 5.02 Å². The largest absolute Gasteiger partial charge is 0.310 e. The highest BCUT2D eigenvalue weighted by molar-refractivity contribution is 9.10. The van der Waals surface area contributed by atoms with E-state index >= 15 is 0 Å². The van der Waals surface area contributed by atoms with Crippen molar-refractivity contribution in [1.82, 2.24) is 5.32 Å². The van der Waals surface area contributed by atoms with Gasteiger partial charge >= 0.3 is 0 Å². The Kier molecular flexibility index (Phi) is 4.84. The summed E-state index contributed by atoms with van der Waals surface area (Å²) in [4.78, 5) is 0. The molecule has 90 valence electrons. The van der Waals surface area contributed by atoms with Gasteiger partial charge in [-0.2, -0.15) is 0 Å². The second-order valence-electron chi connectivity index (χ2n) is 5.00. The highest BCUT2D eigenvalue weighted by Gasteiger charge is 2.27. The lowest BCUT2D eigenvalue weighted by Crippen LogP contribution is -2.32. The van der Waals surface area contributed by atoms with E-state index in [1.807, 2.05) is 12.1 Å². The number of halogens is 2. The van der Waals surface area contributed by atoms with Crippen LogP contribution in [0.1, 0.15) is 39.3 Å². The van der Waals surface area contributed by atoms with E-state index in [0.717, 1.165) is 21.6 Å². The molecule has 0 amide bonds. The molecule has 0 fully saturated rings. The van der Waals surface area contributed by atoms with E-state index in [-0.39, 0.29) is 11.5 Å². The summed E-state index contributed by atoms with van der Waals surface area (Å²) >= 11 is 9.82. The van der Waals surface area contributed by atoms with Crippen molar-refractivity contribution >= 4 is 27.5 Å². The van der Waals surface area contributed by atoms with Crippen molar-refractivity contribution in [3.8, 4) is 0 Å². The Labute approximate surface area is 112 Å². The lowest BCUT2D eigenvalue weighted by molar-refractivity contribution is 0.277. The first kappa shape index (κ1) is 14.0. The van der Waals surface area contributed by atoms with Crippen molar-refractivity contribution in [2.75, 3.05) is 6.54 Å². The SMILES string of the molecule is CCNC(c1cccc(Br)c1Cl)C(C)(C)C. The summed E-state index contributed by atoms with van der Waals surface area (Å²) in [5.41, 5.74) is 1.30. The van der Waals surface area contributed by atoms with Crippen LogP contribution in [0.2, 0.25) is 5.02 Å². The average Bonchev–Trinajstić information content (AvgIpc) is 2.18. The summed E-state index contributed by atoms with van der Waals surface area (Å²) in [5, 5.41) is 4.31. The summed E-state index contributed by atoms with van der Waals surface area (Å²) in [6.45, 7) is 9.71. The molecule has 0 spiro atoms. The Morgan fingerprint density at radius 1 is 1.38 bits per heavy atom. The minimum Gasteiger partial charge on any atom is -0.310 e. The quantitative estimate of drug-likeness (QED) is 0.846. The lowest BCUT2D eigenvalue weighted by atomic mass is 9.82. The van der Waals surface area contributed by atoms with Crippen molar-refractivity contribution in [2.45, 2.75) is 33.7 Å². The Morgan fingerprint density at radius 3 is 2.50 bits per heavy atom. The number of hydrogen-bond acceptors (Lipinski definition) is 1. The molecule has 1 nitrogen and oxygen atoms in total. The van der Waals surface area contributed by atoms with Gasteiger partial charge in [-0.1, -0.05) is 51.4 Å². The van der Waals surface area contributed by atoms with Crippen molar-refractivity contribution in [3.05, 3.63) is 33.3 Å². The van der Waals surface area contributed by atoms with Crippen molar-refractivity contribution in [3.63, 3.8) is 0 Å². The van der Waals surface area contributed by atoms with Gasteiger partial charge in [-0.25, -0.2) is 0 Å². The summed E-state index contributed by atoms with van der Waals surface area (Å²) in [7, 11) is 0. The van der Waals surface area contributed by atoms with Crippen LogP contribution in [0.3, 0.4) is 0 Å². The number of benzene rings is 1. The molecular formula is C13H19BrClN. The Bertz CT molecular complexity index is 357. The van der Waals surface area contributed by atoms with E-state index < -0.39 is 0 Å². The molecule has 1 rings (SSSR count). The van der Waals surface area contributed by atoms with Gasteiger partial charge in [-0.05, 0) is 39.5 Å². The van der Waals surface area contributed by atoms with Crippen LogP contribution in [0.25, 0.3) is 0 Å². The average molecular weight is 305 g/mol. The van der Waals surface area contributed by atoms with Gasteiger partial charge in [-0.15, -0.1) is 0 Å². The van der Waals surface area contributed by atoms with Gasteiger partial charge in [0.15, 0.2) is 0 Å². The zero-order valence-electron chi connectivity index (χ0n) is 10.3. The third kappa shape index (κ3) is 3.22. The van der Waals surface area contributed by atoms with Crippen molar-refractivity contribution < 1.29 is 0 Å². The molecule has 0 aliphatic rings. The molecule has 0 heterocycles. The Hall–Kier alpha value is -0.0500. The van der Waals surface area contributed by atoms with E-state index in [1.165, 1.54) is 0 Å². The van der Waals surface area contributed by atoms with Crippen LogP contribution in [0.4, 0.5) is 0 Å². The Balaban J connectivity index is 3.16. The summed E-state index contributed by atoms with van der Waals surface area (Å²) in [6, 6.07) is 6.35. The van der Waals surface area contributed by atoms with E-state index in [1.54, 1.807) is 0 Å². The minimum absolute atomic E-state index is 0.139. The van der Waals surface area contributed by atoms with E-state index in [9.17, 15) is 0 Å². The molecular weight excluding hydrogens is 286 g/mol. The van der Waals surface area contributed by atoms with Gasteiger partial charge in [0.25, 0.3) is 0 Å². The molecule has 0 bridgehead atoms. The van der Waals surface area contributed by atoms with Crippen molar-refractivity contribution in [2.24, 2.45) is 5.41 Å². The van der Waals surface area contributed by atoms with Gasteiger partial charge in [0.2, 0.25) is 0 Å². The molecule has 3 heteroatoms. The first-order valence-corrected chi connectivity index (χ1v) is 6.72. The maximum absolute atomic E-state index is 6.34. The summed E-state index contributed by atoms with van der Waals surface area (Å²) < 4.78 is 0.957. The topological polar surface area (TPSA) is 12.0 Å². The first-order chi connectivity index (χ1) is 7.38. The van der Waals surface area contributed by atoms with Crippen LogP contribution in [-0.2, 0) is 0 Å². The summed E-state index contributed by atoms with van der Waals surface area (Å²) in [5.74, 6) is 0. The molecule has 0 aromatic heterocycles. The van der Waals surface area contributed by atoms with Gasteiger partial charge < -0.3 is 5.32 Å². The molecule has 1 aromatic rings. The fourth-order valence-electron chi connectivity index (χ4n) is 1.83. The van der Waals surface area contributed by atoms with E-state index in [0.29, 0.717) is 0 Å². The molecule has 0 aliphatic heterocycles. The third-order valence-electron chi connectivity index (χ3n) is 2.57. The number of hydrogen-bond donors (Lipinski definition) is 1. The second-order valence-corrected chi connectivity index (χ2v) is 6.23. The maximum Gasteiger partial charge on any atom is 0.0596 e. The molecule has 16 heavy (non-hydrogen) atoms. The lowest BCUT2D eigenvalue weighted by Gasteiger charge is -2.32. The van der Waals surface area contributed by atoms with Crippen molar-refractivity contribution in [1.29, 1.82) is 0 Å². The molecule has 0 aliphatic carbocycles. The molecule has 1 unspecified atom stereocenters. The van der Waals surface area contributed by atoms with Crippen LogP contribution in [0.15, 0.2) is 22.7 Å². The molecule has 1 N–H and O–H groups in total. The van der Waals surface area contributed by atoms with Crippen LogP contribution in [-0.4, -0.2) is 6.54 Å². The zero-order chi connectivity index (χ0) is 12.3. The summed E-state index contributed by atoms with van der Waals surface area (Å²) in [6.07, 6.45) is 0.